The summed E-state index contributed by atoms with van der Waals surface area (Å²) >= 11 is 0. The molecule has 2 saturated carbocycles. The molecule has 0 heterocycles. The molecule has 0 bridgehead atoms. The summed E-state index contributed by atoms with van der Waals surface area (Å²) in [5.41, 5.74) is 3.87. The maximum Gasteiger partial charge on any atom is 0.243 e. The Morgan fingerprint density at radius 1 is 1.50 bits per heavy atom. The first kappa shape index (κ1) is 8.21. The molecule has 0 aromatic carbocycles. The zero-order valence-corrected chi connectivity index (χ0v) is 8.07. The molecule has 2 atom stereocenters. The standard InChI is InChI=1S/C11H14N2O/c14-11(7-4-5-7)13-12-10-6-8-2-1-3-9(8)10/h1-2,7-9H,3-6H2,(H,13,14)/b12-10-. The highest BCUT2D eigenvalue weighted by molar-refractivity contribution is 5.95. The van der Waals surface area contributed by atoms with E-state index in [2.05, 4.69) is 22.7 Å². The Morgan fingerprint density at radius 3 is 3.07 bits per heavy atom. The van der Waals surface area contributed by atoms with Crippen molar-refractivity contribution in [3.05, 3.63) is 12.2 Å². The summed E-state index contributed by atoms with van der Waals surface area (Å²) in [6.45, 7) is 0. The van der Waals surface area contributed by atoms with Crippen LogP contribution in [0.4, 0.5) is 0 Å². The monoisotopic (exact) mass is 190 g/mol. The van der Waals surface area contributed by atoms with E-state index in [0.717, 1.165) is 25.7 Å². The lowest BCUT2D eigenvalue weighted by atomic mass is 9.74. The van der Waals surface area contributed by atoms with Gasteiger partial charge < -0.3 is 0 Å². The molecule has 14 heavy (non-hydrogen) atoms. The number of allylic oxidation sites excluding steroid dienone is 2. The SMILES string of the molecule is O=C(N/N=C1/CC2C=CCC12)C1CC1. The highest BCUT2D eigenvalue weighted by Crippen LogP contribution is 2.40. The second kappa shape index (κ2) is 2.94. The summed E-state index contributed by atoms with van der Waals surface area (Å²) in [4.78, 5) is 11.3. The third-order valence-electron chi connectivity index (χ3n) is 3.42. The van der Waals surface area contributed by atoms with Gasteiger partial charge in [0, 0.05) is 17.5 Å². The number of hydrogen-bond acceptors (Lipinski definition) is 2. The molecule has 3 aliphatic carbocycles. The van der Waals surface area contributed by atoms with Crippen LogP contribution in [0.5, 0.6) is 0 Å². The van der Waals surface area contributed by atoms with Crippen molar-refractivity contribution in [3.63, 3.8) is 0 Å². The van der Waals surface area contributed by atoms with Crippen molar-refractivity contribution in [2.45, 2.75) is 25.7 Å². The average Bonchev–Trinajstić information content (AvgIpc) is 2.92. The maximum absolute atomic E-state index is 11.3. The van der Waals surface area contributed by atoms with Gasteiger partial charge in [-0.2, -0.15) is 5.10 Å². The number of nitrogens with zero attached hydrogens (tertiary/aromatic N) is 1. The fraction of sp³-hybridized carbons (Fsp3) is 0.636. The molecule has 0 spiro atoms. The quantitative estimate of drug-likeness (QED) is 0.520. The first-order valence-electron chi connectivity index (χ1n) is 5.37. The highest BCUT2D eigenvalue weighted by atomic mass is 16.2. The lowest BCUT2D eigenvalue weighted by molar-refractivity contribution is -0.122. The highest BCUT2D eigenvalue weighted by Gasteiger charge is 2.38. The first-order valence-corrected chi connectivity index (χ1v) is 5.37. The van der Waals surface area contributed by atoms with Crippen LogP contribution < -0.4 is 5.43 Å². The number of rotatable bonds is 2. The van der Waals surface area contributed by atoms with E-state index >= 15 is 0 Å². The molecular weight excluding hydrogens is 176 g/mol. The molecule has 0 radical (unpaired) electrons. The molecule has 0 saturated heterocycles. The van der Waals surface area contributed by atoms with Crippen LogP contribution >= 0.6 is 0 Å². The fourth-order valence-electron chi connectivity index (χ4n) is 2.23. The zero-order valence-electron chi connectivity index (χ0n) is 8.07. The van der Waals surface area contributed by atoms with E-state index in [4.69, 9.17) is 0 Å². The van der Waals surface area contributed by atoms with Crippen molar-refractivity contribution < 1.29 is 4.79 Å². The van der Waals surface area contributed by atoms with Gasteiger partial charge in [-0.3, -0.25) is 4.79 Å². The Kier molecular flexibility index (Phi) is 1.72. The lowest BCUT2D eigenvalue weighted by Crippen LogP contribution is -2.35. The van der Waals surface area contributed by atoms with Gasteiger partial charge in [-0.15, -0.1) is 0 Å². The van der Waals surface area contributed by atoms with Crippen LogP contribution in [0.2, 0.25) is 0 Å². The lowest BCUT2D eigenvalue weighted by Gasteiger charge is -2.31. The number of carbonyl (C=O) groups excluding carboxylic acids is 1. The molecule has 3 heteroatoms. The first-order chi connectivity index (χ1) is 6.84. The van der Waals surface area contributed by atoms with Crippen molar-refractivity contribution in [1.29, 1.82) is 0 Å². The molecule has 2 unspecified atom stereocenters. The zero-order chi connectivity index (χ0) is 9.54. The van der Waals surface area contributed by atoms with Gasteiger partial charge in [-0.1, -0.05) is 12.2 Å². The number of hydrazone groups is 1. The smallest absolute Gasteiger partial charge is 0.243 e. The van der Waals surface area contributed by atoms with E-state index in [1.807, 2.05) is 0 Å². The molecule has 1 N–H and O–H groups in total. The van der Waals surface area contributed by atoms with Gasteiger partial charge in [0.25, 0.3) is 0 Å². The third kappa shape index (κ3) is 1.27. The second-order valence-electron chi connectivity index (χ2n) is 4.49. The number of amides is 1. The van der Waals surface area contributed by atoms with Crippen molar-refractivity contribution in [2.75, 3.05) is 0 Å². The minimum Gasteiger partial charge on any atom is -0.273 e. The Morgan fingerprint density at radius 2 is 2.36 bits per heavy atom. The summed E-state index contributed by atoms with van der Waals surface area (Å²) in [5, 5.41) is 4.21. The molecule has 0 aromatic heterocycles. The predicted octanol–water partition coefficient (Wildman–Crippen LogP) is 1.46. The third-order valence-corrected chi connectivity index (χ3v) is 3.42. The normalized spacial score (nSPS) is 36.7. The van der Waals surface area contributed by atoms with Gasteiger partial charge in [-0.25, -0.2) is 5.43 Å². The second-order valence-corrected chi connectivity index (χ2v) is 4.49. The Hall–Kier alpha value is -1.12. The van der Waals surface area contributed by atoms with Gasteiger partial charge >= 0.3 is 0 Å². The van der Waals surface area contributed by atoms with E-state index in [0.29, 0.717) is 11.8 Å². The minimum atomic E-state index is 0.118. The number of fused-ring (bicyclic) bond motifs is 1. The largest absolute Gasteiger partial charge is 0.273 e. The Labute approximate surface area is 83.3 Å². The van der Waals surface area contributed by atoms with Crippen LogP contribution in [0.3, 0.4) is 0 Å². The Bertz CT molecular complexity index is 328. The average molecular weight is 190 g/mol. The molecule has 3 rings (SSSR count). The summed E-state index contributed by atoms with van der Waals surface area (Å²) in [6.07, 6.45) is 8.75. The van der Waals surface area contributed by atoms with E-state index < -0.39 is 0 Å². The van der Waals surface area contributed by atoms with Crippen molar-refractivity contribution in [1.82, 2.24) is 5.43 Å². The fourth-order valence-corrected chi connectivity index (χ4v) is 2.23. The van der Waals surface area contributed by atoms with E-state index in [9.17, 15) is 4.79 Å². The van der Waals surface area contributed by atoms with Crippen molar-refractivity contribution in [2.24, 2.45) is 22.9 Å². The van der Waals surface area contributed by atoms with Gasteiger partial charge in [0.2, 0.25) is 5.91 Å². The number of nitrogens with one attached hydrogen (secondary N) is 1. The molecule has 0 aromatic rings. The summed E-state index contributed by atoms with van der Waals surface area (Å²) < 4.78 is 0. The van der Waals surface area contributed by atoms with Crippen LogP contribution in [0, 0.1) is 17.8 Å². The molecule has 1 amide bonds. The van der Waals surface area contributed by atoms with Gasteiger partial charge in [0.15, 0.2) is 0 Å². The topological polar surface area (TPSA) is 41.5 Å². The van der Waals surface area contributed by atoms with Gasteiger partial charge in [0.1, 0.15) is 0 Å². The molecule has 3 aliphatic rings. The van der Waals surface area contributed by atoms with Crippen LogP contribution in [0.15, 0.2) is 17.3 Å². The summed E-state index contributed by atoms with van der Waals surface area (Å²) in [6, 6.07) is 0. The predicted molar refractivity (Wildman–Crippen MR) is 53.7 cm³/mol. The minimum absolute atomic E-state index is 0.118. The maximum atomic E-state index is 11.3. The van der Waals surface area contributed by atoms with Crippen LogP contribution in [-0.2, 0) is 4.79 Å². The van der Waals surface area contributed by atoms with Crippen molar-refractivity contribution in [3.8, 4) is 0 Å². The summed E-state index contributed by atoms with van der Waals surface area (Å²) in [5.74, 6) is 1.70. The molecule has 74 valence electrons. The van der Waals surface area contributed by atoms with Gasteiger partial charge in [-0.05, 0) is 31.6 Å². The molecule has 0 aliphatic heterocycles. The van der Waals surface area contributed by atoms with Gasteiger partial charge in [0.05, 0.1) is 0 Å². The van der Waals surface area contributed by atoms with E-state index in [1.54, 1.807) is 0 Å². The molecule has 3 nitrogen and oxygen atoms in total. The number of hydrogen-bond donors (Lipinski definition) is 1. The van der Waals surface area contributed by atoms with E-state index in [1.165, 1.54) is 5.71 Å². The van der Waals surface area contributed by atoms with E-state index in [-0.39, 0.29) is 11.8 Å². The van der Waals surface area contributed by atoms with Crippen LogP contribution in [-0.4, -0.2) is 11.6 Å². The molecule has 2 fully saturated rings. The van der Waals surface area contributed by atoms with Crippen molar-refractivity contribution >= 4 is 11.6 Å². The van der Waals surface area contributed by atoms with Crippen LogP contribution in [0.1, 0.15) is 25.7 Å². The Balaban J connectivity index is 1.56. The molecular formula is C11H14N2O. The van der Waals surface area contributed by atoms with Crippen LogP contribution in [0.25, 0.3) is 0 Å². The summed E-state index contributed by atoms with van der Waals surface area (Å²) in [7, 11) is 0. The number of carbonyl (C=O) groups is 1.